The molecule has 5 rings (SSSR count). The Morgan fingerprint density at radius 1 is 0.773 bits per heavy atom. The van der Waals surface area contributed by atoms with Crippen molar-refractivity contribution in [3.05, 3.63) is 101 Å². The fraction of sp³-hybridized carbons (Fsp3) is 0.200. The van der Waals surface area contributed by atoms with Crippen LogP contribution in [0.5, 0.6) is 11.5 Å². The normalized spacial score (nSPS) is 11.6. The van der Waals surface area contributed by atoms with Crippen molar-refractivity contribution in [1.29, 1.82) is 0 Å². The highest BCUT2D eigenvalue weighted by Gasteiger charge is 2.24. The molecule has 224 valence electrons. The van der Waals surface area contributed by atoms with E-state index in [0.29, 0.717) is 38.9 Å². The van der Waals surface area contributed by atoms with Gasteiger partial charge in [-0.2, -0.15) is 0 Å². The highest BCUT2D eigenvalue weighted by molar-refractivity contribution is 6.32. The topological polar surface area (TPSA) is 99.6 Å². The van der Waals surface area contributed by atoms with Crippen LogP contribution in [0.4, 0.5) is 5.69 Å². The van der Waals surface area contributed by atoms with Crippen LogP contribution < -0.4 is 14.8 Å². The van der Waals surface area contributed by atoms with Crippen LogP contribution in [-0.2, 0) is 9.53 Å². The minimum Gasteiger partial charge on any atom is -0.495 e. The van der Waals surface area contributed by atoms with Crippen LogP contribution in [0.2, 0.25) is 5.02 Å². The number of esters is 1. The number of anilines is 1. The number of amides is 1. The van der Waals surface area contributed by atoms with Gasteiger partial charge in [-0.25, -0.2) is 14.8 Å². The quantitative estimate of drug-likeness (QED) is 0.170. The van der Waals surface area contributed by atoms with Crippen molar-refractivity contribution in [1.82, 2.24) is 9.97 Å². The number of rotatable bonds is 9. The minimum atomic E-state index is -1.07. The van der Waals surface area contributed by atoms with Crippen LogP contribution in [0, 0.1) is 13.8 Å². The van der Waals surface area contributed by atoms with Gasteiger partial charge in [-0.3, -0.25) is 4.79 Å². The van der Waals surface area contributed by atoms with Crippen molar-refractivity contribution in [2.75, 3.05) is 19.5 Å². The Morgan fingerprint density at radius 3 is 1.89 bits per heavy atom. The Labute approximate surface area is 261 Å². The molecule has 0 saturated carbocycles. The number of benzene rings is 4. The lowest BCUT2D eigenvalue weighted by Gasteiger charge is -2.18. The van der Waals surface area contributed by atoms with Crippen molar-refractivity contribution >= 4 is 40.2 Å². The first-order valence-electron chi connectivity index (χ1n) is 14.1. The van der Waals surface area contributed by atoms with E-state index in [4.69, 9.17) is 35.8 Å². The van der Waals surface area contributed by atoms with E-state index in [1.54, 1.807) is 31.2 Å². The van der Waals surface area contributed by atoms with Gasteiger partial charge in [-0.05, 0) is 44.5 Å². The number of methoxy groups -OCH3 is 2. The Kier molecular flexibility index (Phi) is 9.11. The van der Waals surface area contributed by atoms with Gasteiger partial charge < -0.3 is 19.5 Å². The molecule has 0 radical (unpaired) electrons. The van der Waals surface area contributed by atoms with Crippen LogP contribution >= 0.6 is 11.6 Å². The van der Waals surface area contributed by atoms with Gasteiger partial charge in [0.15, 0.2) is 6.10 Å². The van der Waals surface area contributed by atoms with Crippen molar-refractivity contribution in [3.8, 4) is 34.0 Å². The number of hydrogen-bond acceptors (Lipinski definition) is 7. The second-order valence-electron chi connectivity index (χ2n) is 10.3. The second-order valence-corrected chi connectivity index (χ2v) is 10.7. The van der Waals surface area contributed by atoms with E-state index in [0.717, 1.165) is 27.9 Å². The molecule has 0 fully saturated rings. The van der Waals surface area contributed by atoms with E-state index in [1.165, 1.54) is 20.3 Å². The van der Waals surface area contributed by atoms with E-state index in [1.807, 2.05) is 62.4 Å². The molecule has 1 unspecified atom stereocenters. The van der Waals surface area contributed by atoms with Crippen molar-refractivity contribution < 1.29 is 23.8 Å². The summed E-state index contributed by atoms with van der Waals surface area (Å²) in [5, 5.41) is 3.04. The van der Waals surface area contributed by atoms with E-state index in [2.05, 4.69) is 5.32 Å². The number of ether oxygens (including phenoxy) is 3. The zero-order valence-electron chi connectivity index (χ0n) is 25.1. The summed E-state index contributed by atoms with van der Waals surface area (Å²) >= 11 is 6.25. The highest BCUT2D eigenvalue weighted by atomic mass is 35.5. The third-order valence-electron chi connectivity index (χ3n) is 7.19. The molecule has 1 N–H and O–H groups in total. The summed E-state index contributed by atoms with van der Waals surface area (Å²) in [7, 11) is 2.95. The Hall–Kier alpha value is -4.95. The maximum Gasteiger partial charge on any atom is 0.338 e. The summed E-state index contributed by atoms with van der Waals surface area (Å²) in [6, 6.07) is 24.3. The van der Waals surface area contributed by atoms with E-state index >= 15 is 0 Å². The van der Waals surface area contributed by atoms with Gasteiger partial charge in [0.05, 0.1) is 52.9 Å². The number of carbonyl (C=O) groups excluding carboxylic acids is 2. The molecule has 1 heterocycles. The molecule has 0 aliphatic carbocycles. The first kappa shape index (κ1) is 30.5. The molecule has 1 atom stereocenters. The number of nitrogens with one attached hydrogen (secondary N) is 1. The maximum atomic E-state index is 13.3. The molecule has 0 aliphatic heterocycles. The predicted molar refractivity (Wildman–Crippen MR) is 173 cm³/mol. The summed E-state index contributed by atoms with van der Waals surface area (Å²) in [5.74, 6) is -0.431. The van der Waals surface area contributed by atoms with Gasteiger partial charge in [-0.15, -0.1) is 0 Å². The average Bonchev–Trinajstić information content (AvgIpc) is 3.03. The average molecular weight is 610 g/mol. The van der Waals surface area contributed by atoms with Gasteiger partial charge in [0.25, 0.3) is 5.91 Å². The molecule has 5 aromatic rings. The number of carbonyl (C=O) groups is 2. The van der Waals surface area contributed by atoms with E-state index < -0.39 is 18.0 Å². The van der Waals surface area contributed by atoms with Crippen molar-refractivity contribution in [3.63, 3.8) is 0 Å². The lowest BCUT2D eigenvalue weighted by atomic mass is 10.0. The minimum absolute atomic E-state index is 0.245. The lowest BCUT2D eigenvalue weighted by molar-refractivity contribution is -0.124. The summed E-state index contributed by atoms with van der Waals surface area (Å²) < 4.78 is 16.2. The summed E-state index contributed by atoms with van der Waals surface area (Å²) in [6.45, 7) is 5.82. The molecule has 0 saturated heterocycles. The Balaban J connectivity index is 1.44. The van der Waals surface area contributed by atoms with Gasteiger partial charge in [0.2, 0.25) is 0 Å². The van der Waals surface area contributed by atoms with Crippen LogP contribution in [0.25, 0.3) is 33.5 Å². The van der Waals surface area contributed by atoms with Crippen LogP contribution in [0.1, 0.15) is 34.8 Å². The maximum absolute atomic E-state index is 13.3. The monoisotopic (exact) mass is 609 g/mol. The van der Waals surface area contributed by atoms with Crippen molar-refractivity contribution in [2.24, 2.45) is 0 Å². The summed E-state index contributed by atoms with van der Waals surface area (Å²) in [5.41, 5.74) is 7.30. The molecule has 44 heavy (non-hydrogen) atoms. The largest absolute Gasteiger partial charge is 0.495 e. The number of nitrogens with zero attached hydrogens (tertiary/aromatic N) is 2. The molecule has 1 aromatic heterocycles. The van der Waals surface area contributed by atoms with Gasteiger partial charge >= 0.3 is 5.97 Å². The summed E-state index contributed by atoms with van der Waals surface area (Å²) in [4.78, 5) is 36.3. The number of hydrogen-bond donors (Lipinski definition) is 1. The fourth-order valence-corrected chi connectivity index (χ4v) is 4.94. The summed E-state index contributed by atoms with van der Waals surface area (Å²) in [6.07, 6.45) is -0.823. The first-order chi connectivity index (χ1) is 21.2. The molecule has 9 heteroatoms. The molecule has 0 spiro atoms. The number of aromatic nitrogens is 2. The van der Waals surface area contributed by atoms with Crippen molar-refractivity contribution in [2.45, 2.75) is 33.3 Å². The lowest BCUT2D eigenvalue weighted by Crippen LogP contribution is -2.32. The third-order valence-corrected chi connectivity index (χ3v) is 7.49. The smallest absolute Gasteiger partial charge is 0.338 e. The molecular weight excluding hydrogens is 578 g/mol. The standard InChI is InChI=1S/C35H32ClN3O5/c1-6-29(34(40)39-28-18-25(36)30(42-4)19-31(28)43-5)44-35(41)24-15-16-26-27(17-24)38-33(23-13-9-21(3)10-14-23)32(37-26)22-11-7-20(2)8-12-22/h7-19,29H,6H2,1-5H3,(H,39,40). The molecule has 4 aromatic carbocycles. The zero-order valence-corrected chi connectivity index (χ0v) is 25.9. The van der Waals surface area contributed by atoms with Gasteiger partial charge in [0, 0.05) is 17.2 Å². The number of fused-ring (bicyclic) bond motifs is 1. The molecule has 0 bridgehead atoms. The molecular formula is C35H32ClN3O5. The molecule has 0 aliphatic rings. The predicted octanol–water partition coefficient (Wildman–Crippen LogP) is 7.83. The fourth-order valence-electron chi connectivity index (χ4n) is 4.70. The number of halogens is 1. The van der Waals surface area contributed by atoms with Crippen LogP contribution in [0.15, 0.2) is 78.9 Å². The molecule has 1 amide bonds. The van der Waals surface area contributed by atoms with Gasteiger partial charge in [0.1, 0.15) is 11.5 Å². The Bertz CT molecular complexity index is 1840. The first-order valence-corrected chi connectivity index (χ1v) is 14.5. The second kappa shape index (κ2) is 13.1. The van der Waals surface area contributed by atoms with Gasteiger partial charge in [-0.1, -0.05) is 78.2 Å². The van der Waals surface area contributed by atoms with E-state index in [-0.39, 0.29) is 12.0 Å². The van der Waals surface area contributed by atoms with Crippen LogP contribution in [0.3, 0.4) is 0 Å². The zero-order chi connectivity index (χ0) is 31.4. The highest BCUT2D eigenvalue weighted by Crippen LogP contribution is 2.36. The Morgan fingerprint density at radius 2 is 1.34 bits per heavy atom. The number of aryl methyl sites for hydroxylation is 2. The SMILES string of the molecule is CCC(OC(=O)c1ccc2nc(-c3ccc(C)cc3)c(-c3ccc(C)cc3)nc2c1)C(=O)Nc1cc(Cl)c(OC)cc1OC. The third kappa shape index (κ3) is 6.50. The van der Waals surface area contributed by atoms with Crippen LogP contribution in [-0.4, -0.2) is 42.2 Å². The van der Waals surface area contributed by atoms with E-state index in [9.17, 15) is 9.59 Å². The molecule has 8 nitrogen and oxygen atoms in total.